The van der Waals surface area contributed by atoms with E-state index < -0.39 is 0 Å². The molecule has 0 saturated heterocycles. The molecule has 2 heterocycles. The van der Waals surface area contributed by atoms with Crippen LogP contribution in [0.15, 0.2) is 39.8 Å². The maximum absolute atomic E-state index is 12.5. The summed E-state index contributed by atoms with van der Waals surface area (Å²) in [6.45, 7) is 2.36. The quantitative estimate of drug-likeness (QED) is 0.723. The van der Waals surface area contributed by atoms with E-state index in [4.69, 9.17) is 4.42 Å². The molecule has 24 heavy (non-hydrogen) atoms. The van der Waals surface area contributed by atoms with Crippen LogP contribution in [0.5, 0.6) is 0 Å². The van der Waals surface area contributed by atoms with E-state index in [0.717, 1.165) is 5.39 Å². The lowest BCUT2D eigenvalue weighted by molar-refractivity contribution is -0.121. The van der Waals surface area contributed by atoms with Crippen LogP contribution in [-0.4, -0.2) is 35.1 Å². The summed E-state index contributed by atoms with van der Waals surface area (Å²) in [5.41, 5.74) is 0.941. The highest BCUT2D eigenvalue weighted by molar-refractivity contribution is 6.01. The fourth-order valence-corrected chi connectivity index (χ4v) is 2.31. The van der Waals surface area contributed by atoms with Crippen LogP contribution in [0.1, 0.15) is 6.92 Å². The maximum atomic E-state index is 12.5. The summed E-state index contributed by atoms with van der Waals surface area (Å²) in [5.74, 6) is -0.244. The minimum absolute atomic E-state index is 0. The summed E-state index contributed by atoms with van der Waals surface area (Å²) in [5, 5.41) is 6.58. The molecule has 3 rings (SSSR count). The van der Waals surface area contributed by atoms with Gasteiger partial charge in [0.25, 0.3) is 5.56 Å². The number of benzene rings is 1. The smallest absolute Gasteiger partial charge is 0.297 e. The number of rotatable bonds is 5. The van der Waals surface area contributed by atoms with Gasteiger partial charge in [-0.15, -0.1) is 12.4 Å². The lowest BCUT2D eigenvalue weighted by Crippen LogP contribution is -2.39. The van der Waals surface area contributed by atoms with Crippen molar-refractivity contribution in [3.8, 4) is 0 Å². The van der Waals surface area contributed by atoms with E-state index in [-0.39, 0.29) is 42.0 Å². The number of halogens is 1. The molecule has 1 aromatic carbocycles. The number of amides is 1. The largest absolute Gasteiger partial charge is 0.448 e. The third-order valence-electron chi connectivity index (χ3n) is 3.76. The number of hydrogen-bond acceptors (Lipinski definition) is 5. The zero-order valence-electron chi connectivity index (χ0n) is 13.4. The molecular formula is C16H19ClN4O3. The van der Waals surface area contributed by atoms with E-state index >= 15 is 0 Å². The number of furan rings is 1. The van der Waals surface area contributed by atoms with E-state index in [9.17, 15) is 9.59 Å². The van der Waals surface area contributed by atoms with Gasteiger partial charge in [-0.3, -0.25) is 14.2 Å². The molecule has 0 aliphatic carbocycles. The molecule has 128 valence electrons. The molecule has 2 aromatic heterocycles. The van der Waals surface area contributed by atoms with Crippen molar-refractivity contribution in [3.63, 3.8) is 0 Å². The molecular weight excluding hydrogens is 332 g/mol. The number of carbonyl (C=O) groups is 1. The van der Waals surface area contributed by atoms with Crippen LogP contribution in [0.4, 0.5) is 0 Å². The first-order chi connectivity index (χ1) is 11.1. The van der Waals surface area contributed by atoms with Gasteiger partial charge in [0, 0.05) is 18.0 Å². The summed E-state index contributed by atoms with van der Waals surface area (Å²) in [6.07, 6.45) is 1.38. The first kappa shape index (κ1) is 18.0. The van der Waals surface area contributed by atoms with Crippen LogP contribution >= 0.6 is 12.4 Å². The van der Waals surface area contributed by atoms with Crippen molar-refractivity contribution in [3.05, 3.63) is 40.9 Å². The van der Waals surface area contributed by atoms with Gasteiger partial charge in [0.1, 0.15) is 17.6 Å². The van der Waals surface area contributed by atoms with Crippen LogP contribution in [0.2, 0.25) is 0 Å². The second-order valence-corrected chi connectivity index (χ2v) is 5.45. The van der Waals surface area contributed by atoms with Crippen molar-refractivity contribution < 1.29 is 9.21 Å². The Morgan fingerprint density at radius 1 is 1.38 bits per heavy atom. The van der Waals surface area contributed by atoms with Crippen molar-refractivity contribution in [2.45, 2.75) is 19.5 Å². The summed E-state index contributed by atoms with van der Waals surface area (Å²) < 4.78 is 6.84. The molecule has 0 radical (unpaired) electrons. The highest BCUT2D eigenvalue weighted by Crippen LogP contribution is 2.23. The van der Waals surface area contributed by atoms with Crippen LogP contribution < -0.4 is 16.2 Å². The van der Waals surface area contributed by atoms with Crippen molar-refractivity contribution in [1.82, 2.24) is 20.2 Å². The second-order valence-electron chi connectivity index (χ2n) is 5.45. The highest BCUT2D eigenvalue weighted by atomic mass is 35.5. The fourth-order valence-electron chi connectivity index (χ4n) is 2.31. The number of hydrogen-bond donors (Lipinski definition) is 2. The number of carbonyl (C=O) groups excluding carboxylic acids is 1. The van der Waals surface area contributed by atoms with Gasteiger partial charge >= 0.3 is 0 Å². The Morgan fingerprint density at radius 3 is 2.88 bits per heavy atom. The van der Waals surface area contributed by atoms with Crippen LogP contribution in [-0.2, 0) is 11.3 Å². The van der Waals surface area contributed by atoms with Gasteiger partial charge in [-0.2, -0.15) is 0 Å². The molecule has 0 aliphatic heterocycles. The SMILES string of the molecule is CNC(C)CNC(=O)Cn1cnc2c(oc3ccccc32)c1=O.Cl. The molecule has 0 aliphatic rings. The van der Waals surface area contributed by atoms with Gasteiger partial charge in [0.2, 0.25) is 11.5 Å². The minimum Gasteiger partial charge on any atom is -0.448 e. The summed E-state index contributed by atoms with van der Waals surface area (Å²) >= 11 is 0. The Kier molecular flexibility index (Phi) is 5.58. The molecule has 0 spiro atoms. The van der Waals surface area contributed by atoms with Crippen LogP contribution in [0.25, 0.3) is 22.1 Å². The van der Waals surface area contributed by atoms with E-state index in [2.05, 4.69) is 15.6 Å². The van der Waals surface area contributed by atoms with Crippen LogP contribution in [0, 0.1) is 0 Å². The van der Waals surface area contributed by atoms with Crippen molar-refractivity contribution in [1.29, 1.82) is 0 Å². The Hall–Kier alpha value is -2.38. The topological polar surface area (TPSA) is 89.2 Å². The Morgan fingerprint density at radius 2 is 2.12 bits per heavy atom. The molecule has 0 saturated carbocycles. The Labute approximate surface area is 144 Å². The van der Waals surface area contributed by atoms with Crippen molar-refractivity contribution in [2.24, 2.45) is 0 Å². The van der Waals surface area contributed by atoms with E-state index in [1.807, 2.05) is 32.2 Å². The van der Waals surface area contributed by atoms with Gasteiger partial charge in [-0.1, -0.05) is 12.1 Å². The number of likely N-dealkylation sites (N-methyl/N-ethyl adjacent to an activating group) is 1. The molecule has 3 aromatic rings. The molecule has 0 bridgehead atoms. The Bertz CT molecular complexity index is 918. The second kappa shape index (κ2) is 7.46. The summed E-state index contributed by atoms with van der Waals surface area (Å²) in [4.78, 5) is 28.7. The molecule has 1 atom stereocenters. The van der Waals surface area contributed by atoms with Crippen LogP contribution in [0.3, 0.4) is 0 Å². The molecule has 2 N–H and O–H groups in total. The third kappa shape index (κ3) is 3.42. The predicted molar refractivity (Wildman–Crippen MR) is 94.6 cm³/mol. The van der Waals surface area contributed by atoms with Crippen molar-refractivity contribution in [2.75, 3.05) is 13.6 Å². The summed E-state index contributed by atoms with van der Waals surface area (Å²) in [6, 6.07) is 7.49. The first-order valence-electron chi connectivity index (χ1n) is 7.41. The molecule has 7 nitrogen and oxygen atoms in total. The lowest BCUT2D eigenvalue weighted by Gasteiger charge is -2.11. The fraction of sp³-hybridized carbons (Fsp3) is 0.312. The van der Waals surface area contributed by atoms with E-state index in [1.54, 1.807) is 6.07 Å². The van der Waals surface area contributed by atoms with Gasteiger partial charge in [-0.05, 0) is 26.1 Å². The van der Waals surface area contributed by atoms with Gasteiger partial charge < -0.3 is 15.1 Å². The number of nitrogens with one attached hydrogen (secondary N) is 2. The Balaban J connectivity index is 0.00000208. The molecule has 8 heteroatoms. The van der Waals surface area contributed by atoms with Crippen molar-refractivity contribution >= 4 is 40.4 Å². The monoisotopic (exact) mass is 350 g/mol. The minimum atomic E-state index is -0.358. The van der Waals surface area contributed by atoms with Gasteiger partial charge in [-0.25, -0.2) is 4.98 Å². The summed E-state index contributed by atoms with van der Waals surface area (Å²) in [7, 11) is 1.82. The van der Waals surface area contributed by atoms with E-state index in [0.29, 0.717) is 17.6 Å². The lowest BCUT2D eigenvalue weighted by atomic mass is 10.2. The number of fused-ring (bicyclic) bond motifs is 3. The third-order valence-corrected chi connectivity index (χ3v) is 3.76. The molecule has 0 fully saturated rings. The standard InChI is InChI=1S/C16H18N4O3.ClH/c1-10(17-2)7-18-13(21)8-20-9-19-14-11-5-3-4-6-12(11)23-15(14)16(20)22;/h3-6,9-10,17H,7-8H2,1-2H3,(H,18,21);1H. The molecule has 1 amide bonds. The number of para-hydroxylation sites is 1. The maximum Gasteiger partial charge on any atom is 0.297 e. The zero-order valence-corrected chi connectivity index (χ0v) is 14.2. The normalized spacial score (nSPS) is 12.1. The number of aromatic nitrogens is 2. The first-order valence-corrected chi connectivity index (χ1v) is 7.41. The zero-order chi connectivity index (χ0) is 16.4. The predicted octanol–water partition coefficient (Wildman–Crippen LogP) is 1.29. The van der Waals surface area contributed by atoms with E-state index in [1.165, 1.54) is 10.9 Å². The van der Waals surface area contributed by atoms with Gasteiger partial charge in [0.15, 0.2) is 0 Å². The molecule has 1 unspecified atom stereocenters. The average Bonchev–Trinajstić information content (AvgIpc) is 2.94. The average molecular weight is 351 g/mol. The number of nitrogens with zero attached hydrogens (tertiary/aromatic N) is 2. The highest BCUT2D eigenvalue weighted by Gasteiger charge is 2.14. The van der Waals surface area contributed by atoms with Gasteiger partial charge in [0.05, 0.1) is 6.33 Å².